The van der Waals surface area contributed by atoms with Crippen LogP contribution in [0, 0.1) is 15.9 Å². The third-order valence-corrected chi connectivity index (χ3v) is 2.47. The molecule has 0 radical (unpaired) electrons. The summed E-state index contributed by atoms with van der Waals surface area (Å²) in [6.45, 7) is 0.403. The van der Waals surface area contributed by atoms with Gasteiger partial charge in [-0.3, -0.25) is 10.1 Å². The van der Waals surface area contributed by atoms with E-state index in [4.69, 9.17) is 4.74 Å². The molecule has 0 fully saturated rings. The van der Waals surface area contributed by atoms with E-state index >= 15 is 0 Å². The fraction of sp³-hybridized carbons (Fsp3) is 0.400. The number of benzene rings is 1. The van der Waals surface area contributed by atoms with Crippen molar-refractivity contribution in [2.75, 3.05) is 11.9 Å². The molecule has 0 spiro atoms. The average molecular weight is 292 g/mol. The third kappa shape index (κ3) is 3.77. The lowest BCUT2D eigenvalue weighted by Gasteiger charge is -2.05. The van der Waals surface area contributed by atoms with E-state index in [1.54, 1.807) is 0 Å². The highest BCUT2D eigenvalue weighted by Gasteiger charge is 2.11. The van der Waals surface area contributed by atoms with Crippen LogP contribution in [0.3, 0.4) is 0 Å². The summed E-state index contributed by atoms with van der Waals surface area (Å²) in [7, 11) is 0. The molecule has 0 heterocycles. The highest BCUT2D eigenvalue weighted by molar-refractivity contribution is 9.09. The Morgan fingerprint density at radius 2 is 2.19 bits per heavy atom. The lowest BCUT2D eigenvalue weighted by molar-refractivity contribution is -0.385. The number of halogens is 2. The van der Waals surface area contributed by atoms with Crippen molar-refractivity contribution in [3.05, 3.63) is 34.1 Å². The van der Waals surface area contributed by atoms with Crippen molar-refractivity contribution in [1.29, 1.82) is 0 Å². The summed E-state index contributed by atoms with van der Waals surface area (Å²) in [6, 6.07) is 3.37. The summed E-state index contributed by atoms with van der Waals surface area (Å²) in [5.41, 5.74) is -0.273. The number of nitrogens with zero attached hydrogens (tertiary/aromatic N) is 1. The lowest BCUT2D eigenvalue weighted by atomic mass is 10.3. The van der Waals surface area contributed by atoms with E-state index in [2.05, 4.69) is 15.9 Å². The number of nitro groups is 1. The predicted molar refractivity (Wildman–Crippen MR) is 61.6 cm³/mol. The lowest BCUT2D eigenvalue weighted by Crippen LogP contribution is -2.00. The van der Waals surface area contributed by atoms with Crippen LogP contribution in [0.1, 0.15) is 12.8 Å². The first-order valence-corrected chi connectivity index (χ1v) is 5.90. The van der Waals surface area contributed by atoms with E-state index in [-0.39, 0.29) is 11.4 Å². The summed E-state index contributed by atoms with van der Waals surface area (Å²) in [4.78, 5) is 9.72. The zero-order valence-corrected chi connectivity index (χ0v) is 10.1. The molecule has 0 unspecified atom stereocenters. The SMILES string of the molecule is O=[N+]([O-])c1ccc(OCCCCBr)c(F)c1. The first kappa shape index (κ1) is 12.9. The van der Waals surface area contributed by atoms with E-state index < -0.39 is 10.7 Å². The molecule has 0 saturated carbocycles. The van der Waals surface area contributed by atoms with E-state index in [0.717, 1.165) is 24.2 Å². The largest absolute Gasteiger partial charge is 0.491 e. The number of alkyl halides is 1. The van der Waals surface area contributed by atoms with Crippen LogP contribution < -0.4 is 4.74 Å². The Balaban J connectivity index is 2.57. The Labute approximate surface area is 101 Å². The molecule has 0 bridgehead atoms. The molecular weight excluding hydrogens is 281 g/mol. The highest BCUT2D eigenvalue weighted by atomic mass is 79.9. The van der Waals surface area contributed by atoms with Crippen LogP contribution >= 0.6 is 15.9 Å². The van der Waals surface area contributed by atoms with E-state index in [0.29, 0.717) is 6.61 Å². The smallest absolute Gasteiger partial charge is 0.272 e. The summed E-state index contributed by atoms with van der Waals surface area (Å²) in [5, 5.41) is 11.2. The number of ether oxygens (including phenoxy) is 1. The molecule has 0 aromatic heterocycles. The Morgan fingerprint density at radius 1 is 1.44 bits per heavy atom. The van der Waals surface area contributed by atoms with E-state index in [9.17, 15) is 14.5 Å². The van der Waals surface area contributed by atoms with Gasteiger partial charge in [-0.15, -0.1) is 0 Å². The minimum Gasteiger partial charge on any atom is -0.491 e. The van der Waals surface area contributed by atoms with Gasteiger partial charge < -0.3 is 4.74 Å². The van der Waals surface area contributed by atoms with Gasteiger partial charge in [0.1, 0.15) is 0 Å². The second-order valence-corrected chi connectivity index (χ2v) is 3.91. The second kappa shape index (κ2) is 6.42. The first-order valence-electron chi connectivity index (χ1n) is 4.78. The summed E-state index contributed by atoms with van der Waals surface area (Å²) >= 11 is 3.27. The highest BCUT2D eigenvalue weighted by Crippen LogP contribution is 2.22. The zero-order chi connectivity index (χ0) is 12.0. The summed E-state index contributed by atoms with van der Waals surface area (Å²) in [5.74, 6) is -0.645. The number of hydrogen-bond acceptors (Lipinski definition) is 3. The van der Waals surface area contributed by atoms with Crippen LogP contribution in [-0.2, 0) is 0 Å². The molecule has 88 valence electrons. The van der Waals surface area contributed by atoms with Gasteiger partial charge in [-0.2, -0.15) is 0 Å². The van der Waals surface area contributed by atoms with Crippen LogP contribution in [0.25, 0.3) is 0 Å². The molecule has 0 amide bonds. The van der Waals surface area contributed by atoms with Gasteiger partial charge >= 0.3 is 0 Å². The second-order valence-electron chi connectivity index (χ2n) is 3.12. The normalized spacial score (nSPS) is 10.1. The number of hydrogen-bond donors (Lipinski definition) is 0. The van der Waals surface area contributed by atoms with Gasteiger partial charge in [0.15, 0.2) is 11.6 Å². The van der Waals surface area contributed by atoms with Crippen LogP contribution in [0.5, 0.6) is 5.75 Å². The molecule has 0 saturated heterocycles. The van der Waals surface area contributed by atoms with Crippen molar-refractivity contribution in [2.45, 2.75) is 12.8 Å². The quantitative estimate of drug-likeness (QED) is 0.350. The van der Waals surface area contributed by atoms with Crippen LogP contribution in [-0.4, -0.2) is 16.9 Å². The number of non-ortho nitro benzene ring substituents is 1. The molecule has 0 aliphatic heterocycles. The predicted octanol–water partition coefficient (Wildman–Crippen LogP) is 3.29. The maximum atomic E-state index is 13.3. The Morgan fingerprint density at radius 3 is 2.75 bits per heavy atom. The molecule has 1 aromatic rings. The Kier molecular flexibility index (Phi) is 5.18. The molecule has 16 heavy (non-hydrogen) atoms. The first-order chi connectivity index (χ1) is 7.65. The summed E-state index contributed by atoms with van der Waals surface area (Å²) in [6.07, 6.45) is 1.75. The number of rotatable bonds is 6. The fourth-order valence-electron chi connectivity index (χ4n) is 1.10. The van der Waals surface area contributed by atoms with Gasteiger partial charge in [0.25, 0.3) is 5.69 Å². The molecule has 6 heteroatoms. The third-order valence-electron chi connectivity index (χ3n) is 1.91. The minimum atomic E-state index is -0.701. The standard InChI is InChI=1S/C10H11BrFNO3/c11-5-1-2-6-16-10-4-3-8(13(14)15)7-9(10)12/h3-4,7H,1-2,5-6H2. The Bertz CT molecular complexity index is 373. The Hall–Kier alpha value is -1.17. The van der Waals surface area contributed by atoms with Crippen molar-refractivity contribution >= 4 is 21.6 Å². The van der Waals surface area contributed by atoms with Gasteiger partial charge in [0, 0.05) is 11.4 Å². The van der Waals surface area contributed by atoms with Gasteiger partial charge in [-0.25, -0.2) is 4.39 Å². The van der Waals surface area contributed by atoms with Crippen LogP contribution in [0.2, 0.25) is 0 Å². The van der Waals surface area contributed by atoms with Crippen LogP contribution in [0.4, 0.5) is 10.1 Å². The van der Waals surface area contributed by atoms with E-state index in [1.807, 2.05) is 0 Å². The molecule has 0 N–H and O–H groups in total. The van der Waals surface area contributed by atoms with Crippen LogP contribution in [0.15, 0.2) is 18.2 Å². The molecule has 0 aliphatic carbocycles. The maximum Gasteiger partial charge on any atom is 0.272 e. The molecule has 1 rings (SSSR count). The monoisotopic (exact) mass is 291 g/mol. The van der Waals surface area contributed by atoms with E-state index in [1.165, 1.54) is 12.1 Å². The zero-order valence-electron chi connectivity index (χ0n) is 8.49. The van der Waals surface area contributed by atoms with Crippen molar-refractivity contribution in [1.82, 2.24) is 0 Å². The van der Waals surface area contributed by atoms with Gasteiger partial charge in [-0.05, 0) is 18.9 Å². The van der Waals surface area contributed by atoms with Gasteiger partial charge in [0.2, 0.25) is 0 Å². The topological polar surface area (TPSA) is 52.4 Å². The average Bonchev–Trinajstić information content (AvgIpc) is 2.26. The maximum absolute atomic E-state index is 13.3. The van der Waals surface area contributed by atoms with Crippen molar-refractivity contribution in [2.24, 2.45) is 0 Å². The molecule has 4 nitrogen and oxygen atoms in total. The number of unbranched alkanes of at least 4 members (excludes halogenated alkanes) is 1. The molecule has 0 aliphatic rings. The summed E-state index contributed by atoms with van der Waals surface area (Å²) < 4.78 is 18.4. The number of nitro benzene ring substituents is 1. The van der Waals surface area contributed by atoms with Crippen molar-refractivity contribution < 1.29 is 14.1 Å². The van der Waals surface area contributed by atoms with Gasteiger partial charge in [0.05, 0.1) is 17.6 Å². The molecule has 0 atom stereocenters. The molecular formula is C10H11BrFNO3. The molecule has 1 aromatic carbocycles. The fourth-order valence-corrected chi connectivity index (χ4v) is 1.50. The van der Waals surface area contributed by atoms with Gasteiger partial charge in [-0.1, -0.05) is 15.9 Å². The van der Waals surface area contributed by atoms with Crippen molar-refractivity contribution in [3.63, 3.8) is 0 Å². The van der Waals surface area contributed by atoms with Crippen molar-refractivity contribution in [3.8, 4) is 5.75 Å². The minimum absolute atomic E-state index is 0.0557.